The van der Waals surface area contributed by atoms with Gasteiger partial charge in [0.1, 0.15) is 5.82 Å². The molecule has 0 amide bonds. The monoisotopic (exact) mass is 251 g/mol. The van der Waals surface area contributed by atoms with Gasteiger partial charge in [0.15, 0.2) is 5.82 Å². The SMILES string of the molecule is CC1CCCc2nc(CC3CCCCS3)nn21. The molecule has 1 aromatic rings. The largest absolute Gasteiger partial charge is 0.247 e. The Morgan fingerprint density at radius 2 is 2.24 bits per heavy atom. The second-order valence-corrected chi connectivity index (χ2v) is 6.73. The minimum atomic E-state index is 0.555. The van der Waals surface area contributed by atoms with Gasteiger partial charge in [-0.2, -0.15) is 16.9 Å². The molecule has 0 saturated carbocycles. The van der Waals surface area contributed by atoms with E-state index in [1.807, 2.05) is 0 Å². The highest BCUT2D eigenvalue weighted by molar-refractivity contribution is 7.99. The first kappa shape index (κ1) is 11.6. The van der Waals surface area contributed by atoms with Crippen LogP contribution in [0.25, 0.3) is 0 Å². The zero-order chi connectivity index (χ0) is 11.7. The number of hydrogen-bond acceptors (Lipinski definition) is 3. The summed E-state index contributed by atoms with van der Waals surface area (Å²) in [6.07, 6.45) is 8.87. The fourth-order valence-electron chi connectivity index (χ4n) is 2.86. The van der Waals surface area contributed by atoms with Gasteiger partial charge < -0.3 is 0 Å². The molecule has 2 unspecified atom stereocenters. The highest BCUT2D eigenvalue weighted by Gasteiger charge is 2.22. The van der Waals surface area contributed by atoms with Crippen LogP contribution in [0.5, 0.6) is 0 Å². The van der Waals surface area contributed by atoms with Crippen molar-refractivity contribution in [2.45, 2.75) is 63.2 Å². The molecule has 3 heterocycles. The Balaban J connectivity index is 1.71. The smallest absolute Gasteiger partial charge is 0.152 e. The molecule has 2 aliphatic heterocycles. The Morgan fingerprint density at radius 3 is 3.00 bits per heavy atom. The van der Waals surface area contributed by atoms with E-state index in [-0.39, 0.29) is 0 Å². The average molecular weight is 251 g/mol. The van der Waals surface area contributed by atoms with Crippen molar-refractivity contribution in [3.63, 3.8) is 0 Å². The van der Waals surface area contributed by atoms with Crippen molar-refractivity contribution in [1.82, 2.24) is 14.8 Å². The molecule has 4 heteroatoms. The van der Waals surface area contributed by atoms with E-state index >= 15 is 0 Å². The lowest BCUT2D eigenvalue weighted by Gasteiger charge is -2.19. The van der Waals surface area contributed by atoms with Gasteiger partial charge in [0.05, 0.1) is 6.04 Å². The number of fused-ring (bicyclic) bond motifs is 1. The molecule has 0 N–H and O–H groups in total. The van der Waals surface area contributed by atoms with E-state index in [1.54, 1.807) is 0 Å². The molecule has 1 fully saturated rings. The molecule has 3 rings (SSSR count). The maximum absolute atomic E-state index is 4.73. The first-order chi connectivity index (χ1) is 8.33. The molecular formula is C13H21N3S. The Labute approximate surface area is 107 Å². The molecule has 1 aromatic heterocycles. The molecule has 0 bridgehead atoms. The summed E-state index contributed by atoms with van der Waals surface area (Å²) in [7, 11) is 0. The van der Waals surface area contributed by atoms with Gasteiger partial charge in [-0.3, -0.25) is 0 Å². The first-order valence-corrected chi connectivity index (χ1v) is 7.93. The predicted molar refractivity (Wildman–Crippen MR) is 71.5 cm³/mol. The minimum absolute atomic E-state index is 0.555. The highest BCUT2D eigenvalue weighted by Crippen LogP contribution is 2.28. The Hall–Kier alpha value is -0.510. The quantitative estimate of drug-likeness (QED) is 0.809. The van der Waals surface area contributed by atoms with Crippen LogP contribution in [0.1, 0.15) is 56.7 Å². The fourth-order valence-corrected chi connectivity index (χ4v) is 4.17. The summed E-state index contributed by atoms with van der Waals surface area (Å²) < 4.78 is 2.17. The molecule has 3 nitrogen and oxygen atoms in total. The number of aryl methyl sites for hydroxylation is 1. The standard InChI is InChI=1S/C13H21N3S/c1-10-5-4-7-13-14-12(15-16(10)13)9-11-6-2-3-8-17-11/h10-11H,2-9H2,1H3. The number of thioether (sulfide) groups is 1. The maximum atomic E-state index is 4.73. The molecule has 0 aliphatic carbocycles. The van der Waals surface area contributed by atoms with Gasteiger partial charge in [0, 0.05) is 18.1 Å². The van der Waals surface area contributed by atoms with Crippen molar-refractivity contribution in [3.8, 4) is 0 Å². The van der Waals surface area contributed by atoms with Crippen molar-refractivity contribution >= 4 is 11.8 Å². The number of rotatable bonds is 2. The van der Waals surface area contributed by atoms with Crippen LogP contribution in [0.4, 0.5) is 0 Å². The summed E-state index contributed by atoms with van der Waals surface area (Å²) in [6.45, 7) is 2.26. The van der Waals surface area contributed by atoms with Crippen molar-refractivity contribution < 1.29 is 0 Å². The van der Waals surface area contributed by atoms with Gasteiger partial charge in [-0.15, -0.1) is 0 Å². The summed E-state index contributed by atoms with van der Waals surface area (Å²) in [5.74, 6) is 3.64. The molecule has 2 atom stereocenters. The molecular weight excluding hydrogens is 230 g/mol. The molecule has 94 valence electrons. The van der Waals surface area contributed by atoms with Crippen LogP contribution in [0, 0.1) is 0 Å². The van der Waals surface area contributed by atoms with E-state index in [1.165, 1.54) is 43.7 Å². The predicted octanol–water partition coefficient (Wildman–Crippen LogP) is 3.00. The van der Waals surface area contributed by atoms with Crippen LogP contribution < -0.4 is 0 Å². The lowest BCUT2D eigenvalue weighted by atomic mass is 10.1. The normalized spacial score (nSPS) is 29.0. The zero-order valence-corrected chi connectivity index (χ0v) is 11.4. The summed E-state index contributed by atoms with van der Waals surface area (Å²) in [5, 5.41) is 5.49. The first-order valence-electron chi connectivity index (χ1n) is 6.89. The third-order valence-corrected chi connectivity index (χ3v) is 5.27. The molecule has 17 heavy (non-hydrogen) atoms. The second kappa shape index (κ2) is 5.01. The molecule has 0 radical (unpaired) electrons. The zero-order valence-electron chi connectivity index (χ0n) is 10.6. The van der Waals surface area contributed by atoms with Crippen molar-refractivity contribution in [2.24, 2.45) is 0 Å². The van der Waals surface area contributed by atoms with E-state index in [4.69, 9.17) is 10.1 Å². The van der Waals surface area contributed by atoms with Crippen LogP contribution in [-0.2, 0) is 12.8 Å². The summed E-state index contributed by atoms with van der Waals surface area (Å²) in [4.78, 5) is 4.73. The van der Waals surface area contributed by atoms with Crippen LogP contribution in [0.15, 0.2) is 0 Å². The van der Waals surface area contributed by atoms with Crippen LogP contribution in [0.3, 0.4) is 0 Å². The van der Waals surface area contributed by atoms with Crippen molar-refractivity contribution in [3.05, 3.63) is 11.6 Å². The number of nitrogens with zero attached hydrogens (tertiary/aromatic N) is 3. The van der Waals surface area contributed by atoms with E-state index in [0.717, 1.165) is 23.9 Å². The van der Waals surface area contributed by atoms with E-state index in [0.29, 0.717) is 6.04 Å². The fraction of sp³-hybridized carbons (Fsp3) is 0.846. The van der Waals surface area contributed by atoms with Crippen LogP contribution >= 0.6 is 11.8 Å². The van der Waals surface area contributed by atoms with Gasteiger partial charge in [-0.1, -0.05) is 6.42 Å². The average Bonchev–Trinajstić information content (AvgIpc) is 2.74. The maximum Gasteiger partial charge on any atom is 0.152 e. The Bertz CT molecular complexity index is 382. The third-order valence-electron chi connectivity index (χ3n) is 3.87. The third kappa shape index (κ3) is 2.51. The summed E-state index contributed by atoms with van der Waals surface area (Å²) in [6, 6.07) is 0.555. The van der Waals surface area contributed by atoms with Gasteiger partial charge in [0.25, 0.3) is 0 Å². The van der Waals surface area contributed by atoms with Crippen molar-refractivity contribution in [1.29, 1.82) is 0 Å². The number of aromatic nitrogens is 3. The van der Waals surface area contributed by atoms with Gasteiger partial charge in [-0.25, -0.2) is 9.67 Å². The topological polar surface area (TPSA) is 30.7 Å². The highest BCUT2D eigenvalue weighted by atomic mass is 32.2. The van der Waals surface area contributed by atoms with E-state index in [2.05, 4.69) is 23.4 Å². The van der Waals surface area contributed by atoms with Gasteiger partial charge in [-0.05, 0) is 38.4 Å². The Kier molecular flexibility index (Phi) is 3.41. The molecule has 1 saturated heterocycles. The number of hydrogen-bond donors (Lipinski definition) is 0. The second-order valence-electron chi connectivity index (χ2n) is 5.32. The Morgan fingerprint density at radius 1 is 1.29 bits per heavy atom. The van der Waals surface area contributed by atoms with Gasteiger partial charge >= 0.3 is 0 Å². The van der Waals surface area contributed by atoms with Crippen LogP contribution in [0.2, 0.25) is 0 Å². The summed E-state index contributed by atoms with van der Waals surface area (Å²) in [5.41, 5.74) is 0. The lowest BCUT2D eigenvalue weighted by Crippen LogP contribution is -2.16. The van der Waals surface area contributed by atoms with Crippen molar-refractivity contribution in [2.75, 3.05) is 5.75 Å². The minimum Gasteiger partial charge on any atom is -0.247 e. The lowest BCUT2D eigenvalue weighted by molar-refractivity contribution is 0.387. The molecule has 2 aliphatic rings. The van der Waals surface area contributed by atoms with Crippen LogP contribution in [-0.4, -0.2) is 25.8 Å². The molecule has 0 spiro atoms. The van der Waals surface area contributed by atoms with E-state index in [9.17, 15) is 0 Å². The summed E-state index contributed by atoms with van der Waals surface area (Å²) >= 11 is 2.12. The van der Waals surface area contributed by atoms with Gasteiger partial charge in [0.2, 0.25) is 0 Å². The van der Waals surface area contributed by atoms with E-state index < -0.39 is 0 Å². The molecule has 0 aromatic carbocycles.